The summed E-state index contributed by atoms with van der Waals surface area (Å²) in [6, 6.07) is 3.98. The van der Waals surface area contributed by atoms with Crippen LogP contribution in [0.15, 0.2) is 43.5 Å². The molecule has 9 heteroatoms. The van der Waals surface area contributed by atoms with Crippen LogP contribution in [0.25, 0.3) is 0 Å². The predicted molar refractivity (Wildman–Crippen MR) is 156 cm³/mol. The van der Waals surface area contributed by atoms with Crippen LogP contribution in [0.1, 0.15) is 39.2 Å². The number of benzene rings is 1. The molecule has 1 aromatic carbocycles. The van der Waals surface area contributed by atoms with Crippen molar-refractivity contribution >= 4 is 46.8 Å². The molecule has 0 saturated carbocycles. The van der Waals surface area contributed by atoms with Crippen LogP contribution in [0.4, 0.5) is 5.69 Å². The summed E-state index contributed by atoms with van der Waals surface area (Å²) in [4.78, 5) is 45.8. The number of aliphatic hydroxyl groups is 1. The van der Waals surface area contributed by atoms with Crippen LogP contribution in [-0.4, -0.2) is 69.6 Å². The van der Waals surface area contributed by atoms with Gasteiger partial charge in [0.25, 0.3) is 5.91 Å². The summed E-state index contributed by atoms with van der Waals surface area (Å²) in [6.07, 6.45) is 4.55. The van der Waals surface area contributed by atoms with Gasteiger partial charge in [0, 0.05) is 11.8 Å². The lowest BCUT2D eigenvalue weighted by atomic mass is 9.66. The van der Waals surface area contributed by atoms with Gasteiger partial charge in [-0.15, -0.1) is 24.9 Å². The number of esters is 1. The van der Waals surface area contributed by atoms with Gasteiger partial charge in [-0.25, -0.2) is 0 Å². The number of anilines is 1. The van der Waals surface area contributed by atoms with E-state index in [1.165, 1.54) is 0 Å². The fourth-order valence-corrected chi connectivity index (χ4v) is 9.57. The van der Waals surface area contributed by atoms with Gasteiger partial charge in [-0.3, -0.25) is 14.4 Å². The molecule has 1 spiro atoms. The van der Waals surface area contributed by atoms with Crippen LogP contribution >= 0.6 is 23.4 Å². The Morgan fingerprint density at radius 2 is 2.05 bits per heavy atom. The average molecular weight is 575 g/mol. The van der Waals surface area contributed by atoms with Crippen molar-refractivity contribution < 1.29 is 24.2 Å². The second-order valence-corrected chi connectivity index (χ2v) is 13.1. The summed E-state index contributed by atoms with van der Waals surface area (Å²) in [5.74, 6) is -2.43. The molecule has 39 heavy (non-hydrogen) atoms. The number of para-hydroxylation sites is 1. The summed E-state index contributed by atoms with van der Waals surface area (Å²) in [5, 5.41) is 10.8. The molecule has 3 fully saturated rings. The van der Waals surface area contributed by atoms with E-state index < -0.39 is 34.6 Å². The van der Waals surface area contributed by atoms with Crippen LogP contribution < -0.4 is 4.90 Å². The third-order valence-electron chi connectivity index (χ3n) is 8.61. The minimum Gasteiger partial charge on any atom is -0.465 e. The Morgan fingerprint density at radius 1 is 1.33 bits per heavy atom. The summed E-state index contributed by atoms with van der Waals surface area (Å²) >= 11 is 8.22. The van der Waals surface area contributed by atoms with Crippen molar-refractivity contribution in [1.29, 1.82) is 0 Å². The predicted octanol–water partition coefficient (Wildman–Crippen LogP) is 4.64. The number of hydrogen-bond acceptors (Lipinski definition) is 6. The molecule has 1 aromatic rings. The van der Waals surface area contributed by atoms with E-state index in [2.05, 4.69) is 20.1 Å². The third-order valence-corrected chi connectivity index (χ3v) is 11.0. The number of amides is 2. The van der Waals surface area contributed by atoms with Crippen LogP contribution in [0.2, 0.25) is 5.02 Å². The van der Waals surface area contributed by atoms with E-state index in [0.717, 1.165) is 5.56 Å². The van der Waals surface area contributed by atoms with Crippen molar-refractivity contribution in [2.24, 2.45) is 23.7 Å². The number of hydrogen-bond donors (Lipinski definition) is 1. The van der Waals surface area contributed by atoms with Crippen molar-refractivity contribution in [2.45, 2.75) is 62.6 Å². The summed E-state index contributed by atoms with van der Waals surface area (Å²) in [5.41, 5.74) is 1.40. The van der Waals surface area contributed by atoms with Gasteiger partial charge in [0.15, 0.2) is 0 Å². The first-order valence-corrected chi connectivity index (χ1v) is 14.9. The number of nitrogens with zero attached hydrogens (tertiary/aromatic N) is 2. The van der Waals surface area contributed by atoms with Gasteiger partial charge in [0.1, 0.15) is 6.04 Å². The first kappa shape index (κ1) is 29.7. The second-order valence-electron chi connectivity index (χ2n) is 11.2. The number of aliphatic hydroxyl groups excluding tert-OH is 1. The topological polar surface area (TPSA) is 87.1 Å². The maximum atomic E-state index is 14.8. The van der Waals surface area contributed by atoms with Crippen LogP contribution in [-0.2, 0) is 19.1 Å². The maximum Gasteiger partial charge on any atom is 0.310 e. The molecule has 7 atom stereocenters. The van der Waals surface area contributed by atoms with Gasteiger partial charge < -0.3 is 19.6 Å². The molecule has 2 bridgehead atoms. The number of rotatable bonds is 11. The highest BCUT2D eigenvalue weighted by atomic mass is 35.5. The summed E-state index contributed by atoms with van der Waals surface area (Å²) < 4.78 is 4.75. The quantitative estimate of drug-likeness (QED) is 0.235. The number of ether oxygens (including phenoxy) is 1. The van der Waals surface area contributed by atoms with Crippen molar-refractivity contribution in [2.75, 3.05) is 24.7 Å². The second kappa shape index (κ2) is 11.7. The Kier molecular flexibility index (Phi) is 8.89. The number of fused-ring (bicyclic) bond motifs is 1. The molecule has 1 N–H and O–H groups in total. The van der Waals surface area contributed by atoms with Crippen molar-refractivity contribution in [3.05, 3.63) is 54.1 Å². The Labute approximate surface area is 240 Å². The van der Waals surface area contributed by atoms with E-state index >= 15 is 0 Å². The zero-order valence-electron chi connectivity index (χ0n) is 23.1. The van der Waals surface area contributed by atoms with Gasteiger partial charge in [0.2, 0.25) is 5.91 Å². The first-order chi connectivity index (χ1) is 18.6. The van der Waals surface area contributed by atoms with E-state index in [1.54, 1.807) is 39.8 Å². The normalized spacial score (nSPS) is 29.9. The minimum atomic E-state index is -0.888. The Bertz CT molecular complexity index is 1140. The molecule has 3 unspecified atom stereocenters. The number of halogens is 1. The van der Waals surface area contributed by atoms with Crippen LogP contribution in [0.3, 0.4) is 0 Å². The Balaban J connectivity index is 1.86. The fraction of sp³-hybridized carbons (Fsp3) is 0.567. The lowest BCUT2D eigenvalue weighted by molar-refractivity contribution is -0.155. The number of aryl methyl sites for hydroxylation is 1. The Morgan fingerprint density at radius 3 is 2.64 bits per heavy atom. The molecule has 0 radical (unpaired) electrons. The Hall–Kier alpha value is -2.29. The van der Waals surface area contributed by atoms with E-state index in [1.807, 2.05) is 32.9 Å². The SMILES string of the molecule is C=CCCOC(=O)[C@@H]1[C@H]2C(=O)N([C@@H](CO)C(C)C)C(C(=O)N(CC=C)c3c(C)cccc3Cl)C23S[C@@H]1CC3C. The molecule has 3 heterocycles. The van der Waals surface area contributed by atoms with Crippen LogP contribution in [0.5, 0.6) is 0 Å². The standard InChI is InChI=1S/C30H39ClN2O5S/c1-7-9-14-38-29(37)23-22-15-19(6)30(39-22)24(23)27(35)33(21(16-34)17(3)4)26(30)28(36)32(13-8-2)25-18(5)11-10-12-20(25)31/h7-8,10-12,17,19,21-24,26,34H,1-2,9,13-16H2,3-6H3/t19?,21-,22+,23-,24-,26?,30?/m0/s1. The number of carbonyl (C=O) groups is 3. The van der Waals surface area contributed by atoms with Gasteiger partial charge in [0.05, 0.1) is 46.5 Å². The van der Waals surface area contributed by atoms with E-state index in [0.29, 0.717) is 23.6 Å². The van der Waals surface area contributed by atoms with Gasteiger partial charge in [-0.1, -0.05) is 56.7 Å². The largest absolute Gasteiger partial charge is 0.465 e. The lowest BCUT2D eigenvalue weighted by Gasteiger charge is -2.43. The molecular formula is C30H39ClN2O5S. The van der Waals surface area contributed by atoms with Gasteiger partial charge in [-0.05, 0) is 43.2 Å². The number of likely N-dealkylation sites (tertiary alicyclic amines) is 1. The molecule has 3 aliphatic heterocycles. The first-order valence-electron chi connectivity index (χ1n) is 13.6. The molecule has 3 aliphatic rings. The molecule has 0 aliphatic carbocycles. The van der Waals surface area contributed by atoms with E-state index in [4.69, 9.17) is 16.3 Å². The lowest BCUT2D eigenvalue weighted by Crippen LogP contribution is -2.60. The van der Waals surface area contributed by atoms with Gasteiger partial charge >= 0.3 is 5.97 Å². The van der Waals surface area contributed by atoms with E-state index in [-0.39, 0.29) is 48.7 Å². The zero-order valence-corrected chi connectivity index (χ0v) is 24.7. The highest BCUT2D eigenvalue weighted by molar-refractivity contribution is 8.02. The molecule has 0 aromatic heterocycles. The monoisotopic (exact) mass is 574 g/mol. The zero-order chi connectivity index (χ0) is 28.6. The average Bonchev–Trinajstić information content (AvgIpc) is 3.47. The number of thioether (sulfide) groups is 1. The molecule has 3 saturated heterocycles. The molecule has 212 valence electrons. The van der Waals surface area contributed by atoms with Gasteiger partial charge in [-0.2, -0.15) is 0 Å². The molecule has 4 rings (SSSR count). The fourth-order valence-electron chi connectivity index (χ4n) is 6.86. The number of carbonyl (C=O) groups excluding carboxylic acids is 3. The smallest absolute Gasteiger partial charge is 0.310 e. The van der Waals surface area contributed by atoms with E-state index in [9.17, 15) is 19.5 Å². The molecule has 7 nitrogen and oxygen atoms in total. The van der Waals surface area contributed by atoms with Crippen molar-refractivity contribution in [3.63, 3.8) is 0 Å². The minimum absolute atomic E-state index is 0.0120. The summed E-state index contributed by atoms with van der Waals surface area (Å²) in [7, 11) is 0. The van der Waals surface area contributed by atoms with Crippen molar-refractivity contribution in [1.82, 2.24) is 4.90 Å². The third kappa shape index (κ3) is 4.72. The van der Waals surface area contributed by atoms with Crippen LogP contribution in [0, 0.1) is 30.6 Å². The van der Waals surface area contributed by atoms with Crippen molar-refractivity contribution in [3.8, 4) is 0 Å². The molecular weight excluding hydrogens is 536 g/mol. The highest BCUT2D eigenvalue weighted by Gasteiger charge is 2.77. The maximum absolute atomic E-state index is 14.8. The molecule has 2 amide bonds. The summed E-state index contributed by atoms with van der Waals surface area (Å²) in [6.45, 7) is 15.5. The highest BCUT2D eigenvalue weighted by Crippen LogP contribution is 2.69.